The molecule has 1 amide bonds. The lowest BCUT2D eigenvalue weighted by Gasteiger charge is -2.16. The molecule has 0 spiro atoms. The van der Waals surface area contributed by atoms with Crippen molar-refractivity contribution in [2.24, 2.45) is 0 Å². The zero-order chi connectivity index (χ0) is 16.3. The summed E-state index contributed by atoms with van der Waals surface area (Å²) in [5.74, 6) is 0.0680. The van der Waals surface area contributed by atoms with E-state index in [-0.39, 0.29) is 10.8 Å². The maximum Gasteiger partial charge on any atom is 0.240 e. The molecule has 7 heteroatoms. The summed E-state index contributed by atoms with van der Waals surface area (Å²) < 4.78 is 27.1. The highest BCUT2D eigenvalue weighted by Crippen LogP contribution is 2.30. The van der Waals surface area contributed by atoms with E-state index in [1.165, 1.54) is 0 Å². The lowest BCUT2D eigenvalue weighted by Crippen LogP contribution is -2.31. The van der Waals surface area contributed by atoms with Crippen molar-refractivity contribution in [2.45, 2.75) is 24.7 Å². The fourth-order valence-electron chi connectivity index (χ4n) is 2.48. The summed E-state index contributed by atoms with van der Waals surface area (Å²) in [7, 11) is 0.283. The van der Waals surface area contributed by atoms with Gasteiger partial charge < -0.3 is 9.80 Å². The molecule has 0 aliphatic carbocycles. The van der Waals surface area contributed by atoms with Gasteiger partial charge in [0, 0.05) is 31.7 Å². The molecule has 2 rings (SSSR count). The molecular formula is C15H23N3O3S. The second-order valence-corrected chi connectivity index (χ2v) is 7.41. The first-order valence-corrected chi connectivity index (χ1v) is 8.91. The predicted molar refractivity (Wildman–Crippen MR) is 86.5 cm³/mol. The van der Waals surface area contributed by atoms with Gasteiger partial charge in [0.1, 0.15) is 0 Å². The molecule has 0 aromatic heterocycles. The molecule has 122 valence electrons. The van der Waals surface area contributed by atoms with Crippen LogP contribution in [0.1, 0.15) is 18.9 Å². The molecule has 1 heterocycles. The molecule has 0 saturated heterocycles. The Morgan fingerprint density at radius 1 is 1.36 bits per heavy atom. The fraction of sp³-hybridized carbons (Fsp3) is 0.533. The normalized spacial score (nSPS) is 14.5. The van der Waals surface area contributed by atoms with E-state index in [1.54, 1.807) is 23.1 Å². The van der Waals surface area contributed by atoms with Gasteiger partial charge in [-0.3, -0.25) is 4.79 Å². The van der Waals surface area contributed by atoms with Crippen molar-refractivity contribution >= 4 is 21.6 Å². The van der Waals surface area contributed by atoms with Crippen molar-refractivity contribution < 1.29 is 13.2 Å². The van der Waals surface area contributed by atoms with Gasteiger partial charge in [0.05, 0.1) is 4.90 Å². The van der Waals surface area contributed by atoms with Crippen molar-refractivity contribution in [3.05, 3.63) is 23.8 Å². The Hall–Kier alpha value is -1.44. The van der Waals surface area contributed by atoms with Crippen molar-refractivity contribution in [3.63, 3.8) is 0 Å². The SMILES string of the molecule is CCC(=O)N1CCc2cc(S(=O)(=O)NCCN(C)C)ccc21. The Labute approximate surface area is 132 Å². The number of likely N-dealkylation sites (N-methyl/N-ethyl adjacent to an activating group) is 1. The van der Waals surface area contributed by atoms with Crippen LogP contribution in [0.2, 0.25) is 0 Å². The summed E-state index contributed by atoms with van der Waals surface area (Å²) >= 11 is 0. The number of nitrogens with zero attached hydrogens (tertiary/aromatic N) is 2. The van der Waals surface area contributed by atoms with Crippen LogP contribution in [-0.2, 0) is 21.2 Å². The number of benzene rings is 1. The lowest BCUT2D eigenvalue weighted by molar-refractivity contribution is -0.118. The number of carbonyl (C=O) groups is 1. The number of hydrogen-bond acceptors (Lipinski definition) is 4. The largest absolute Gasteiger partial charge is 0.312 e. The number of hydrogen-bond donors (Lipinski definition) is 1. The second kappa shape index (κ2) is 6.76. The van der Waals surface area contributed by atoms with Crippen LogP contribution in [0, 0.1) is 0 Å². The van der Waals surface area contributed by atoms with Crippen LogP contribution in [0.3, 0.4) is 0 Å². The van der Waals surface area contributed by atoms with E-state index >= 15 is 0 Å². The zero-order valence-electron chi connectivity index (χ0n) is 13.3. The third-order valence-electron chi connectivity index (χ3n) is 3.71. The molecule has 0 radical (unpaired) electrons. The van der Waals surface area contributed by atoms with Crippen LogP contribution in [0.25, 0.3) is 0 Å². The van der Waals surface area contributed by atoms with Crippen LogP contribution in [-0.4, -0.2) is 53.0 Å². The first-order valence-electron chi connectivity index (χ1n) is 7.43. The van der Waals surface area contributed by atoms with E-state index in [1.807, 2.05) is 25.9 Å². The topological polar surface area (TPSA) is 69.7 Å². The highest BCUT2D eigenvalue weighted by atomic mass is 32.2. The lowest BCUT2D eigenvalue weighted by atomic mass is 10.2. The number of anilines is 1. The number of carbonyl (C=O) groups excluding carboxylic acids is 1. The van der Waals surface area contributed by atoms with E-state index in [2.05, 4.69) is 4.72 Å². The van der Waals surface area contributed by atoms with E-state index in [0.717, 1.165) is 11.3 Å². The smallest absolute Gasteiger partial charge is 0.240 e. The monoisotopic (exact) mass is 325 g/mol. The Bertz CT molecular complexity index is 656. The molecule has 1 aliphatic rings. The van der Waals surface area contributed by atoms with Gasteiger partial charge in [-0.05, 0) is 44.3 Å². The molecule has 0 bridgehead atoms. The molecule has 0 atom stereocenters. The predicted octanol–water partition coefficient (Wildman–Crippen LogP) is 0.826. The molecule has 1 aromatic carbocycles. The number of rotatable bonds is 6. The van der Waals surface area contributed by atoms with Crippen LogP contribution in [0.15, 0.2) is 23.1 Å². The molecular weight excluding hydrogens is 302 g/mol. The van der Waals surface area contributed by atoms with E-state index in [0.29, 0.717) is 32.5 Å². The molecule has 1 aromatic rings. The number of nitrogens with one attached hydrogen (secondary N) is 1. The third kappa shape index (κ3) is 3.66. The number of sulfonamides is 1. The highest BCUT2D eigenvalue weighted by molar-refractivity contribution is 7.89. The van der Waals surface area contributed by atoms with Crippen molar-refractivity contribution in [3.8, 4) is 0 Å². The summed E-state index contributed by atoms with van der Waals surface area (Å²) in [4.78, 5) is 15.8. The van der Waals surface area contributed by atoms with Gasteiger partial charge in [0.2, 0.25) is 15.9 Å². The summed E-state index contributed by atoms with van der Waals surface area (Å²) in [6.07, 6.45) is 1.15. The van der Waals surface area contributed by atoms with Crippen molar-refractivity contribution in [1.29, 1.82) is 0 Å². The van der Waals surface area contributed by atoms with E-state index in [4.69, 9.17) is 0 Å². The summed E-state index contributed by atoms with van der Waals surface area (Å²) in [5, 5.41) is 0. The van der Waals surface area contributed by atoms with Gasteiger partial charge in [0.25, 0.3) is 0 Å². The highest BCUT2D eigenvalue weighted by Gasteiger charge is 2.25. The van der Waals surface area contributed by atoms with Gasteiger partial charge in [0.15, 0.2) is 0 Å². The Morgan fingerprint density at radius 3 is 2.73 bits per heavy atom. The van der Waals surface area contributed by atoms with E-state index < -0.39 is 10.0 Å². The van der Waals surface area contributed by atoms with Gasteiger partial charge in [-0.25, -0.2) is 13.1 Å². The van der Waals surface area contributed by atoms with Crippen LogP contribution in [0.5, 0.6) is 0 Å². The molecule has 1 N–H and O–H groups in total. The standard InChI is InChI=1S/C15H23N3O3S/c1-4-15(19)18-9-7-12-11-13(5-6-14(12)18)22(20,21)16-8-10-17(2)3/h5-6,11,16H,4,7-10H2,1-3H3. The number of amides is 1. The minimum absolute atomic E-state index is 0.0680. The molecule has 0 saturated carbocycles. The van der Waals surface area contributed by atoms with Crippen LogP contribution >= 0.6 is 0 Å². The van der Waals surface area contributed by atoms with Crippen molar-refractivity contribution in [2.75, 3.05) is 38.6 Å². The zero-order valence-corrected chi connectivity index (χ0v) is 14.1. The Kier molecular flexibility index (Phi) is 5.20. The van der Waals surface area contributed by atoms with Gasteiger partial charge in [-0.15, -0.1) is 0 Å². The fourth-order valence-corrected chi connectivity index (χ4v) is 3.55. The minimum Gasteiger partial charge on any atom is -0.312 e. The molecule has 1 aliphatic heterocycles. The van der Waals surface area contributed by atoms with E-state index in [9.17, 15) is 13.2 Å². The maximum atomic E-state index is 12.3. The number of fused-ring (bicyclic) bond motifs is 1. The molecule has 0 unspecified atom stereocenters. The first-order chi connectivity index (χ1) is 10.3. The average molecular weight is 325 g/mol. The second-order valence-electron chi connectivity index (χ2n) is 5.64. The summed E-state index contributed by atoms with van der Waals surface area (Å²) in [6, 6.07) is 4.98. The Morgan fingerprint density at radius 2 is 2.09 bits per heavy atom. The average Bonchev–Trinajstić information content (AvgIpc) is 2.88. The summed E-state index contributed by atoms with van der Waals surface area (Å²) in [5.41, 5.74) is 1.75. The Balaban J connectivity index is 2.17. The molecule has 6 nitrogen and oxygen atoms in total. The third-order valence-corrected chi connectivity index (χ3v) is 5.17. The first kappa shape index (κ1) is 16.9. The molecule has 0 fully saturated rings. The van der Waals surface area contributed by atoms with Gasteiger partial charge in [-0.2, -0.15) is 0 Å². The van der Waals surface area contributed by atoms with Crippen LogP contribution in [0.4, 0.5) is 5.69 Å². The quantitative estimate of drug-likeness (QED) is 0.841. The van der Waals surface area contributed by atoms with Crippen LogP contribution < -0.4 is 9.62 Å². The van der Waals surface area contributed by atoms with Crippen molar-refractivity contribution in [1.82, 2.24) is 9.62 Å². The van der Waals surface area contributed by atoms with Gasteiger partial charge >= 0.3 is 0 Å². The minimum atomic E-state index is -3.50. The summed E-state index contributed by atoms with van der Waals surface area (Å²) in [6.45, 7) is 3.46. The maximum absolute atomic E-state index is 12.3. The van der Waals surface area contributed by atoms with Gasteiger partial charge in [-0.1, -0.05) is 6.92 Å². The molecule has 22 heavy (non-hydrogen) atoms.